The first-order valence-corrected chi connectivity index (χ1v) is 9.24. The van der Waals surface area contributed by atoms with Crippen LogP contribution in [0.4, 0.5) is 13.6 Å². The average molecular weight is 396 g/mol. The standard InChI is InChI=1S/C23H22F2N2O2/c1-16(17-12-14-20(15-13-17)29-22(24)25)26-23(28)27-21(18-8-4-2-5-9-18)19-10-6-3-7-11-19/h2-16,21-22H,1H3,(H2,26,27,28). The highest BCUT2D eigenvalue weighted by Crippen LogP contribution is 2.22. The van der Waals surface area contributed by atoms with Gasteiger partial charge < -0.3 is 15.4 Å². The zero-order chi connectivity index (χ0) is 20.6. The number of benzene rings is 3. The molecule has 0 aliphatic rings. The number of halogens is 2. The van der Waals surface area contributed by atoms with Crippen LogP contribution in [0.25, 0.3) is 0 Å². The van der Waals surface area contributed by atoms with Gasteiger partial charge in [0, 0.05) is 0 Å². The van der Waals surface area contributed by atoms with Gasteiger partial charge >= 0.3 is 12.6 Å². The molecule has 3 rings (SSSR count). The SMILES string of the molecule is CC(NC(=O)NC(c1ccccc1)c1ccccc1)c1ccc(OC(F)F)cc1. The maximum atomic E-state index is 12.7. The Hall–Kier alpha value is -3.41. The number of carbonyl (C=O) groups excluding carboxylic acids is 1. The van der Waals surface area contributed by atoms with Crippen LogP contribution in [0.5, 0.6) is 5.75 Å². The Kier molecular flexibility index (Phi) is 6.79. The zero-order valence-electron chi connectivity index (χ0n) is 15.9. The molecule has 4 nitrogen and oxygen atoms in total. The number of amides is 2. The summed E-state index contributed by atoms with van der Waals surface area (Å²) >= 11 is 0. The van der Waals surface area contributed by atoms with Gasteiger partial charge in [0.1, 0.15) is 5.75 Å². The van der Waals surface area contributed by atoms with Crippen LogP contribution in [-0.4, -0.2) is 12.6 Å². The summed E-state index contributed by atoms with van der Waals surface area (Å²) < 4.78 is 28.9. The molecule has 1 unspecified atom stereocenters. The molecule has 0 spiro atoms. The Bertz CT molecular complexity index is 864. The third-order valence-corrected chi connectivity index (χ3v) is 4.49. The lowest BCUT2D eigenvalue weighted by atomic mass is 9.99. The van der Waals surface area contributed by atoms with Crippen molar-refractivity contribution in [2.45, 2.75) is 25.6 Å². The van der Waals surface area contributed by atoms with E-state index in [0.29, 0.717) is 0 Å². The topological polar surface area (TPSA) is 50.4 Å². The summed E-state index contributed by atoms with van der Waals surface area (Å²) in [6, 6.07) is 24.7. The van der Waals surface area contributed by atoms with E-state index in [-0.39, 0.29) is 23.9 Å². The van der Waals surface area contributed by atoms with Crippen LogP contribution in [0, 0.1) is 0 Å². The number of urea groups is 1. The van der Waals surface area contributed by atoms with Crippen LogP contribution in [-0.2, 0) is 0 Å². The van der Waals surface area contributed by atoms with Gasteiger partial charge in [-0.2, -0.15) is 8.78 Å². The van der Waals surface area contributed by atoms with E-state index in [1.165, 1.54) is 12.1 Å². The van der Waals surface area contributed by atoms with Crippen molar-refractivity contribution >= 4 is 6.03 Å². The minimum absolute atomic E-state index is 0.0774. The molecule has 3 aromatic rings. The maximum absolute atomic E-state index is 12.7. The Morgan fingerprint density at radius 3 is 1.76 bits per heavy atom. The number of hydrogen-bond donors (Lipinski definition) is 2. The molecule has 6 heteroatoms. The molecule has 0 fully saturated rings. The smallest absolute Gasteiger partial charge is 0.387 e. The molecule has 29 heavy (non-hydrogen) atoms. The van der Waals surface area contributed by atoms with E-state index in [1.807, 2.05) is 67.6 Å². The van der Waals surface area contributed by atoms with Crippen molar-refractivity contribution in [2.24, 2.45) is 0 Å². The van der Waals surface area contributed by atoms with Gasteiger partial charge in [0.05, 0.1) is 12.1 Å². The third-order valence-electron chi connectivity index (χ3n) is 4.49. The summed E-state index contributed by atoms with van der Waals surface area (Å²) in [5.41, 5.74) is 2.71. The largest absolute Gasteiger partial charge is 0.435 e. The highest BCUT2D eigenvalue weighted by Gasteiger charge is 2.18. The molecule has 0 aromatic heterocycles. The Balaban J connectivity index is 1.68. The first-order valence-electron chi connectivity index (χ1n) is 9.24. The van der Waals surface area contributed by atoms with E-state index < -0.39 is 6.61 Å². The summed E-state index contributed by atoms with van der Waals surface area (Å²) in [7, 11) is 0. The number of nitrogens with one attached hydrogen (secondary N) is 2. The van der Waals surface area contributed by atoms with Gasteiger partial charge in [-0.1, -0.05) is 72.8 Å². The molecule has 0 saturated carbocycles. The summed E-state index contributed by atoms with van der Waals surface area (Å²) in [5, 5.41) is 5.90. The van der Waals surface area contributed by atoms with Crippen LogP contribution in [0.2, 0.25) is 0 Å². The lowest BCUT2D eigenvalue weighted by molar-refractivity contribution is -0.0498. The summed E-state index contributed by atoms with van der Waals surface area (Å²) in [6.45, 7) is -1.04. The Morgan fingerprint density at radius 1 is 0.759 bits per heavy atom. The predicted octanol–water partition coefficient (Wildman–Crippen LogP) is 5.44. The fourth-order valence-corrected chi connectivity index (χ4v) is 3.04. The van der Waals surface area contributed by atoms with E-state index in [9.17, 15) is 13.6 Å². The van der Waals surface area contributed by atoms with E-state index in [0.717, 1.165) is 16.7 Å². The molecule has 3 aromatic carbocycles. The molecule has 0 aliphatic carbocycles. The van der Waals surface area contributed by atoms with Gasteiger partial charge in [0.15, 0.2) is 0 Å². The van der Waals surface area contributed by atoms with Gasteiger partial charge in [0.25, 0.3) is 0 Å². The monoisotopic (exact) mass is 396 g/mol. The normalized spacial score (nSPS) is 11.9. The molecular weight excluding hydrogens is 374 g/mol. The molecule has 0 heterocycles. The van der Waals surface area contributed by atoms with E-state index >= 15 is 0 Å². The fraction of sp³-hybridized carbons (Fsp3) is 0.174. The Labute approximate surface area is 168 Å². The average Bonchev–Trinajstić information content (AvgIpc) is 2.73. The molecule has 0 bridgehead atoms. The van der Waals surface area contributed by atoms with Crippen LogP contribution < -0.4 is 15.4 Å². The number of alkyl halides is 2. The summed E-state index contributed by atoms with van der Waals surface area (Å²) in [5.74, 6) is 0.0774. The van der Waals surface area contributed by atoms with E-state index in [4.69, 9.17) is 0 Å². The number of hydrogen-bond acceptors (Lipinski definition) is 2. The summed E-state index contributed by atoms with van der Waals surface area (Å²) in [6.07, 6.45) is 0. The van der Waals surface area contributed by atoms with Gasteiger partial charge in [-0.15, -0.1) is 0 Å². The molecule has 2 N–H and O–H groups in total. The lowest BCUT2D eigenvalue weighted by Gasteiger charge is -2.22. The predicted molar refractivity (Wildman–Crippen MR) is 108 cm³/mol. The van der Waals surface area contributed by atoms with Crippen LogP contribution in [0.1, 0.15) is 35.7 Å². The van der Waals surface area contributed by atoms with E-state index in [1.54, 1.807) is 12.1 Å². The van der Waals surface area contributed by atoms with Gasteiger partial charge in [-0.3, -0.25) is 0 Å². The second-order valence-corrected chi connectivity index (χ2v) is 6.54. The molecule has 2 amide bonds. The molecule has 1 atom stereocenters. The minimum Gasteiger partial charge on any atom is -0.435 e. The fourth-order valence-electron chi connectivity index (χ4n) is 3.04. The highest BCUT2D eigenvalue weighted by atomic mass is 19.3. The van der Waals surface area contributed by atoms with Crippen molar-refractivity contribution in [3.8, 4) is 5.75 Å². The molecular formula is C23H22F2N2O2. The van der Waals surface area contributed by atoms with Crippen molar-refractivity contribution in [3.05, 3.63) is 102 Å². The number of rotatable bonds is 7. The second kappa shape index (κ2) is 9.68. The summed E-state index contributed by atoms with van der Waals surface area (Å²) in [4.78, 5) is 12.7. The number of ether oxygens (including phenoxy) is 1. The van der Waals surface area contributed by atoms with Crippen molar-refractivity contribution in [3.63, 3.8) is 0 Å². The lowest BCUT2D eigenvalue weighted by Crippen LogP contribution is -2.39. The maximum Gasteiger partial charge on any atom is 0.387 e. The van der Waals surface area contributed by atoms with Crippen molar-refractivity contribution in [1.29, 1.82) is 0 Å². The number of carbonyl (C=O) groups is 1. The second-order valence-electron chi connectivity index (χ2n) is 6.54. The van der Waals surface area contributed by atoms with Crippen LogP contribution in [0.3, 0.4) is 0 Å². The highest BCUT2D eigenvalue weighted by molar-refractivity contribution is 5.75. The zero-order valence-corrected chi connectivity index (χ0v) is 15.9. The quantitative estimate of drug-likeness (QED) is 0.559. The van der Waals surface area contributed by atoms with Gasteiger partial charge in [-0.05, 0) is 35.7 Å². The van der Waals surface area contributed by atoms with E-state index in [2.05, 4.69) is 15.4 Å². The van der Waals surface area contributed by atoms with Crippen LogP contribution in [0.15, 0.2) is 84.9 Å². The first-order chi connectivity index (χ1) is 14.0. The molecule has 0 radical (unpaired) electrons. The molecule has 150 valence electrons. The minimum atomic E-state index is -2.87. The van der Waals surface area contributed by atoms with Gasteiger partial charge in [0.2, 0.25) is 0 Å². The van der Waals surface area contributed by atoms with Crippen molar-refractivity contribution in [2.75, 3.05) is 0 Å². The van der Waals surface area contributed by atoms with Crippen LogP contribution >= 0.6 is 0 Å². The Morgan fingerprint density at radius 2 is 1.28 bits per heavy atom. The van der Waals surface area contributed by atoms with Gasteiger partial charge in [-0.25, -0.2) is 4.79 Å². The molecule has 0 aliphatic heterocycles. The van der Waals surface area contributed by atoms with Crippen molar-refractivity contribution < 1.29 is 18.3 Å². The van der Waals surface area contributed by atoms with Crippen molar-refractivity contribution in [1.82, 2.24) is 10.6 Å². The third kappa shape index (κ3) is 5.78. The first kappa shape index (κ1) is 20.3. The molecule has 0 saturated heterocycles.